The maximum Gasteiger partial charge on any atom is 0.262 e. The van der Waals surface area contributed by atoms with Crippen LogP contribution in [0.1, 0.15) is 20.3 Å². The molecular formula is C7H14N4OS. The minimum atomic E-state index is -0.290. The Morgan fingerprint density at radius 3 is 2.92 bits per heavy atom. The predicted molar refractivity (Wildman–Crippen MR) is 53.1 cm³/mol. The molecule has 1 saturated heterocycles. The van der Waals surface area contributed by atoms with E-state index < -0.39 is 0 Å². The van der Waals surface area contributed by atoms with Crippen molar-refractivity contribution in [3.63, 3.8) is 0 Å². The molecule has 6 heteroatoms. The zero-order valence-electron chi connectivity index (χ0n) is 7.70. The fraction of sp³-hybridized carbons (Fsp3) is 0.714. The number of nitrogens with one attached hydrogen (secondary N) is 2. The Kier molecular flexibility index (Phi) is 3.18. The van der Waals surface area contributed by atoms with Gasteiger partial charge < -0.3 is 0 Å². The van der Waals surface area contributed by atoms with E-state index in [4.69, 9.17) is 18.1 Å². The van der Waals surface area contributed by atoms with E-state index >= 15 is 0 Å². The second-order valence-electron chi connectivity index (χ2n) is 3.15. The van der Waals surface area contributed by atoms with Crippen molar-refractivity contribution >= 4 is 23.2 Å². The van der Waals surface area contributed by atoms with Crippen LogP contribution in [-0.2, 0) is 4.79 Å². The van der Waals surface area contributed by atoms with Gasteiger partial charge in [-0.3, -0.25) is 10.2 Å². The van der Waals surface area contributed by atoms with Crippen molar-refractivity contribution in [1.29, 1.82) is 0 Å². The molecule has 0 spiro atoms. The first-order valence-corrected chi connectivity index (χ1v) is 4.63. The zero-order chi connectivity index (χ0) is 10.0. The standard InChI is InChI=1S/C7H14N4OS/c1-3-4(2)5-6(12)11(8)7(13)10-9-5/h4-5,9H,3,8H2,1-2H3,(H,10,13). The molecule has 0 bridgehead atoms. The van der Waals surface area contributed by atoms with Crippen LogP contribution in [0.5, 0.6) is 0 Å². The van der Waals surface area contributed by atoms with Crippen LogP contribution in [0.15, 0.2) is 0 Å². The topological polar surface area (TPSA) is 70.4 Å². The molecule has 1 rings (SSSR count). The Bertz CT molecular complexity index is 233. The van der Waals surface area contributed by atoms with Crippen LogP contribution < -0.4 is 16.7 Å². The lowest BCUT2D eigenvalue weighted by Gasteiger charge is -2.33. The van der Waals surface area contributed by atoms with Crippen LogP contribution in [0.2, 0.25) is 0 Å². The zero-order valence-corrected chi connectivity index (χ0v) is 8.52. The van der Waals surface area contributed by atoms with Gasteiger partial charge in [-0.2, -0.15) is 0 Å². The number of amides is 1. The molecule has 5 nitrogen and oxygen atoms in total. The summed E-state index contributed by atoms with van der Waals surface area (Å²) < 4.78 is 0. The van der Waals surface area contributed by atoms with Crippen LogP contribution in [-0.4, -0.2) is 22.1 Å². The van der Waals surface area contributed by atoms with Gasteiger partial charge >= 0.3 is 0 Å². The molecule has 0 aromatic rings. The maximum atomic E-state index is 11.5. The van der Waals surface area contributed by atoms with Crippen LogP contribution in [0.4, 0.5) is 0 Å². The van der Waals surface area contributed by atoms with E-state index in [1.165, 1.54) is 0 Å². The van der Waals surface area contributed by atoms with E-state index in [-0.39, 0.29) is 23.0 Å². The summed E-state index contributed by atoms with van der Waals surface area (Å²) >= 11 is 4.79. The van der Waals surface area contributed by atoms with Crippen molar-refractivity contribution in [3.8, 4) is 0 Å². The molecule has 0 saturated carbocycles. The lowest BCUT2D eigenvalue weighted by atomic mass is 9.98. The van der Waals surface area contributed by atoms with E-state index in [0.29, 0.717) is 0 Å². The van der Waals surface area contributed by atoms with Gasteiger partial charge in [0.2, 0.25) is 5.11 Å². The van der Waals surface area contributed by atoms with Crippen LogP contribution in [0.3, 0.4) is 0 Å². The highest BCUT2D eigenvalue weighted by Gasteiger charge is 2.32. The number of carbonyl (C=O) groups excluding carboxylic acids is 1. The van der Waals surface area contributed by atoms with E-state index in [9.17, 15) is 4.79 Å². The molecule has 74 valence electrons. The molecule has 1 fully saturated rings. The molecule has 13 heavy (non-hydrogen) atoms. The van der Waals surface area contributed by atoms with Gasteiger partial charge in [0.1, 0.15) is 6.04 Å². The molecule has 2 atom stereocenters. The summed E-state index contributed by atoms with van der Waals surface area (Å²) in [5, 5.41) is 1.19. The molecule has 1 aliphatic heterocycles. The Morgan fingerprint density at radius 2 is 2.38 bits per heavy atom. The first kappa shape index (κ1) is 10.4. The van der Waals surface area contributed by atoms with Gasteiger partial charge in [0, 0.05) is 0 Å². The first-order valence-electron chi connectivity index (χ1n) is 4.22. The fourth-order valence-corrected chi connectivity index (χ4v) is 1.28. The Morgan fingerprint density at radius 1 is 1.77 bits per heavy atom. The number of rotatable bonds is 2. The van der Waals surface area contributed by atoms with Crippen molar-refractivity contribution in [2.75, 3.05) is 0 Å². The smallest absolute Gasteiger partial charge is 0.262 e. The average Bonchev–Trinajstić information content (AvgIpc) is 2.13. The van der Waals surface area contributed by atoms with Gasteiger partial charge in [0.25, 0.3) is 5.91 Å². The summed E-state index contributed by atoms with van der Waals surface area (Å²) in [5.41, 5.74) is 5.53. The molecule has 0 aromatic carbocycles. The highest BCUT2D eigenvalue weighted by Crippen LogP contribution is 2.11. The first-order chi connectivity index (χ1) is 6.07. The second-order valence-corrected chi connectivity index (χ2v) is 3.53. The summed E-state index contributed by atoms with van der Waals surface area (Å²) in [7, 11) is 0. The van der Waals surface area contributed by atoms with Gasteiger partial charge in [-0.1, -0.05) is 20.3 Å². The van der Waals surface area contributed by atoms with E-state index in [1.807, 2.05) is 13.8 Å². The van der Waals surface area contributed by atoms with Gasteiger partial charge in [0.05, 0.1) is 0 Å². The lowest BCUT2D eigenvalue weighted by Crippen LogP contribution is -2.67. The minimum Gasteiger partial charge on any atom is -0.296 e. The third-order valence-electron chi connectivity index (χ3n) is 2.27. The highest BCUT2D eigenvalue weighted by atomic mass is 32.1. The summed E-state index contributed by atoms with van der Waals surface area (Å²) in [6, 6.07) is -0.290. The van der Waals surface area contributed by atoms with Gasteiger partial charge in [0.15, 0.2) is 0 Å². The van der Waals surface area contributed by atoms with Crippen LogP contribution in [0, 0.1) is 5.92 Å². The predicted octanol–water partition coefficient (Wildman–Crippen LogP) is -0.504. The number of carbonyl (C=O) groups is 1. The summed E-state index contributed by atoms with van der Waals surface area (Å²) in [6.07, 6.45) is 0.908. The van der Waals surface area contributed by atoms with E-state index in [1.54, 1.807) is 0 Å². The number of thiocarbonyl (C=S) groups is 1. The molecule has 0 radical (unpaired) electrons. The van der Waals surface area contributed by atoms with E-state index in [0.717, 1.165) is 11.4 Å². The van der Waals surface area contributed by atoms with Crippen molar-refractivity contribution in [2.24, 2.45) is 11.8 Å². The maximum absolute atomic E-state index is 11.5. The lowest BCUT2D eigenvalue weighted by molar-refractivity contribution is -0.132. The third-order valence-corrected chi connectivity index (χ3v) is 2.57. The summed E-state index contributed by atoms with van der Waals surface area (Å²) in [5.74, 6) is 5.49. The molecule has 1 aliphatic rings. The molecule has 1 heterocycles. The van der Waals surface area contributed by atoms with Crippen molar-refractivity contribution in [2.45, 2.75) is 26.3 Å². The number of hydrazine groups is 2. The number of nitrogens with zero attached hydrogens (tertiary/aromatic N) is 1. The minimum absolute atomic E-state index is 0.182. The van der Waals surface area contributed by atoms with Crippen LogP contribution in [0.25, 0.3) is 0 Å². The molecule has 0 aliphatic carbocycles. The van der Waals surface area contributed by atoms with Crippen LogP contribution >= 0.6 is 12.2 Å². The van der Waals surface area contributed by atoms with E-state index in [2.05, 4.69) is 10.9 Å². The normalized spacial score (nSPS) is 25.8. The third kappa shape index (κ3) is 1.96. The average molecular weight is 202 g/mol. The molecular weight excluding hydrogens is 188 g/mol. The molecule has 0 aromatic heterocycles. The van der Waals surface area contributed by atoms with Crippen molar-refractivity contribution < 1.29 is 4.79 Å². The van der Waals surface area contributed by atoms with Gasteiger partial charge in [-0.05, 0) is 18.1 Å². The highest BCUT2D eigenvalue weighted by molar-refractivity contribution is 7.80. The monoisotopic (exact) mass is 202 g/mol. The molecule has 1 amide bonds. The molecule has 2 unspecified atom stereocenters. The Hall–Kier alpha value is -0.720. The SMILES string of the molecule is CCC(C)C1NNC(=S)N(N)C1=O. The number of nitrogens with two attached hydrogens (primary N) is 1. The second kappa shape index (κ2) is 3.99. The van der Waals surface area contributed by atoms with Crippen molar-refractivity contribution in [3.05, 3.63) is 0 Å². The molecule has 4 N–H and O–H groups in total. The summed E-state index contributed by atoms with van der Waals surface area (Å²) in [4.78, 5) is 11.5. The quantitative estimate of drug-likeness (QED) is 0.320. The largest absolute Gasteiger partial charge is 0.296 e. The number of hydrogen-bond acceptors (Lipinski definition) is 4. The fourth-order valence-electron chi connectivity index (χ4n) is 1.13. The van der Waals surface area contributed by atoms with Gasteiger partial charge in [-0.25, -0.2) is 16.3 Å². The summed E-state index contributed by atoms with van der Waals surface area (Å²) in [6.45, 7) is 4.01. The number of hydrogen-bond donors (Lipinski definition) is 3. The Labute approximate surface area is 82.6 Å². The van der Waals surface area contributed by atoms with Crippen molar-refractivity contribution in [1.82, 2.24) is 15.9 Å². The van der Waals surface area contributed by atoms with Gasteiger partial charge in [-0.15, -0.1) is 0 Å². The Balaban J connectivity index is 2.69.